The first-order valence-electron chi connectivity index (χ1n) is 5.75. The Labute approximate surface area is 108 Å². The Balaban J connectivity index is 2.75. The van der Waals surface area contributed by atoms with E-state index >= 15 is 0 Å². The van der Waals surface area contributed by atoms with Gasteiger partial charge in [-0.2, -0.15) is 13.2 Å². The van der Waals surface area contributed by atoms with Gasteiger partial charge in [-0.05, 0) is 24.0 Å². The molecule has 1 aliphatic rings. The summed E-state index contributed by atoms with van der Waals surface area (Å²) < 4.78 is 44.1. The third-order valence-corrected chi connectivity index (χ3v) is 3.34. The van der Waals surface area contributed by atoms with E-state index in [4.69, 9.17) is 9.84 Å². The van der Waals surface area contributed by atoms with Gasteiger partial charge in [-0.15, -0.1) is 0 Å². The molecule has 3 nitrogen and oxygen atoms in total. The van der Waals surface area contributed by atoms with Crippen molar-refractivity contribution in [3.8, 4) is 5.75 Å². The van der Waals surface area contributed by atoms with Crippen LogP contribution in [0, 0.1) is 0 Å². The van der Waals surface area contributed by atoms with Crippen molar-refractivity contribution < 1.29 is 27.8 Å². The van der Waals surface area contributed by atoms with Gasteiger partial charge in [0.15, 0.2) is 0 Å². The summed E-state index contributed by atoms with van der Waals surface area (Å²) in [6, 6.07) is 1.90. The molecule has 1 aliphatic heterocycles. The molecule has 0 radical (unpaired) electrons. The van der Waals surface area contributed by atoms with Gasteiger partial charge >= 0.3 is 12.1 Å². The molecular weight excluding hydrogens is 261 g/mol. The lowest BCUT2D eigenvalue weighted by atomic mass is 9.78. The predicted octanol–water partition coefficient (Wildman–Crippen LogP) is 3.46. The van der Waals surface area contributed by atoms with E-state index in [0.29, 0.717) is 18.1 Å². The minimum Gasteiger partial charge on any atom is -0.493 e. The lowest BCUT2D eigenvalue weighted by Gasteiger charge is -2.34. The fraction of sp³-hybridized carbons (Fsp3) is 0.462. The van der Waals surface area contributed by atoms with E-state index in [1.54, 1.807) is 13.8 Å². The minimum absolute atomic E-state index is 0.190. The van der Waals surface area contributed by atoms with Gasteiger partial charge in [0.25, 0.3) is 0 Å². The number of rotatable bonds is 1. The molecule has 1 aromatic rings. The number of fused-ring (bicyclic) bond motifs is 1. The third-order valence-electron chi connectivity index (χ3n) is 3.34. The molecule has 104 valence electrons. The summed E-state index contributed by atoms with van der Waals surface area (Å²) in [5.74, 6) is -1.62. The molecule has 0 saturated carbocycles. The predicted molar refractivity (Wildman–Crippen MR) is 61.5 cm³/mol. The molecule has 0 atom stereocenters. The Morgan fingerprint density at radius 1 is 1.37 bits per heavy atom. The Bertz CT molecular complexity index is 515. The second kappa shape index (κ2) is 4.15. The maximum Gasteiger partial charge on any atom is 0.419 e. The summed E-state index contributed by atoms with van der Waals surface area (Å²) in [5.41, 5.74) is -1.63. The number of benzene rings is 1. The Hall–Kier alpha value is -1.72. The van der Waals surface area contributed by atoms with Crippen molar-refractivity contribution in [2.24, 2.45) is 0 Å². The van der Waals surface area contributed by atoms with Crippen LogP contribution in [-0.2, 0) is 11.6 Å². The number of ether oxygens (including phenoxy) is 1. The standard InChI is InChI=1S/C13H13F3O3/c1-12(2)3-4-19-10-8(12)5-7(11(17)18)6-9(10)13(14,15)16/h5-6H,3-4H2,1-2H3,(H,17,18). The van der Waals surface area contributed by atoms with E-state index in [2.05, 4.69) is 0 Å². The third kappa shape index (κ3) is 2.39. The van der Waals surface area contributed by atoms with Gasteiger partial charge in [0.2, 0.25) is 0 Å². The zero-order chi connectivity index (χ0) is 14.4. The molecule has 0 amide bonds. The van der Waals surface area contributed by atoms with E-state index in [0.717, 1.165) is 0 Å². The Morgan fingerprint density at radius 3 is 2.53 bits per heavy atom. The van der Waals surface area contributed by atoms with Crippen LogP contribution in [0.4, 0.5) is 13.2 Å². The summed E-state index contributed by atoms with van der Waals surface area (Å²) >= 11 is 0. The Kier molecular flexibility index (Phi) is 2.99. The minimum atomic E-state index is -4.64. The molecule has 6 heteroatoms. The summed E-state index contributed by atoms with van der Waals surface area (Å²) in [7, 11) is 0. The molecule has 0 bridgehead atoms. The lowest BCUT2D eigenvalue weighted by Crippen LogP contribution is -2.29. The van der Waals surface area contributed by atoms with Gasteiger partial charge in [0.05, 0.1) is 17.7 Å². The average Bonchev–Trinajstić information content (AvgIpc) is 2.26. The number of halogens is 3. The number of hydrogen-bond donors (Lipinski definition) is 1. The van der Waals surface area contributed by atoms with E-state index < -0.39 is 23.1 Å². The number of carboxylic acids is 1. The van der Waals surface area contributed by atoms with E-state index in [-0.39, 0.29) is 17.9 Å². The second-order valence-electron chi connectivity index (χ2n) is 5.19. The number of hydrogen-bond acceptors (Lipinski definition) is 2. The van der Waals surface area contributed by atoms with Crippen LogP contribution >= 0.6 is 0 Å². The second-order valence-corrected chi connectivity index (χ2v) is 5.19. The first kappa shape index (κ1) is 13.7. The molecule has 0 saturated heterocycles. The summed E-state index contributed by atoms with van der Waals surface area (Å²) in [6.07, 6.45) is -4.09. The number of aromatic carboxylic acids is 1. The van der Waals surface area contributed by atoms with Crippen molar-refractivity contribution in [3.05, 3.63) is 28.8 Å². The molecule has 19 heavy (non-hydrogen) atoms. The highest BCUT2D eigenvalue weighted by Crippen LogP contribution is 2.46. The van der Waals surface area contributed by atoms with Gasteiger partial charge in [-0.3, -0.25) is 0 Å². The van der Waals surface area contributed by atoms with Crippen molar-refractivity contribution in [2.45, 2.75) is 31.9 Å². The molecule has 0 aliphatic carbocycles. The Morgan fingerprint density at radius 2 is 2.00 bits per heavy atom. The molecule has 0 unspecified atom stereocenters. The number of carbonyl (C=O) groups is 1. The van der Waals surface area contributed by atoms with Gasteiger partial charge in [0, 0.05) is 5.56 Å². The van der Waals surface area contributed by atoms with Gasteiger partial charge in [-0.25, -0.2) is 4.79 Å². The molecular formula is C13H13F3O3. The van der Waals surface area contributed by atoms with E-state index in [9.17, 15) is 18.0 Å². The van der Waals surface area contributed by atoms with Gasteiger partial charge < -0.3 is 9.84 Å². The molecule has 2 rings (SSSR count). The highest BCUT2D eigenvalue weighted by molar-refractivity contribution is 5.88. The first-order chi connectivity index (χ1) is 8.63. The quantitative estimate of drug-likeness (QED) is 0.853. The van der Waals surface area contributed by atoms with Crippen LogP contribution in [0.1, 0.15) is 41.8 Å². The van der Waals surface area contributed by atoms with Gasteiger partial charge in [-0.1, -0.05) is 13.8 Å². The lowest BCUT2D eigenvalue weighted by molar-refractivity contribution is -0.139. The van der Waals surface area contributed by atoms with E-state index in [1.807, 2.05) is 0 Å². The highest BCUT2D eigenvalue weighted by atomic mass is 19.4. The van der Waals surface area contributed by atoms with Crippen LogP contribution in [0.15, 0.2) is 12.1 Å². The average molecular weight is 274 g/mol. The van der Waals surface area contributed by atoms with E-state index in [1.165, 1.54) is 6.07 Å². The zero-order valence-corrected chi connectivity index (χ0v) is 10.5. The summed E-state index contributed by atoms with van der Waals surface area (Å²) in [4.78, 5) is 11.0. The fourth-order valence-electron chi connectivity index (χ4n) is 2.16. The molecule has 1 N–H and O–H groups in total. The number of alkyl halides is 3. The molecule has 1 aromatic carbocycles. The van der Waals surface area contributed by atoms with Crippen molar-refractivity contribution in [1.82, 2.24) is 0 Å². The largest absolute Gasteiger partial charge is 0.493 e. The van der Waals surface area contributed by atoms with Crippen LogP contribution < -0.4 is 4.74 Å². The highest BCUT2D eigenvalue weighted by Gasteiger charge is 2.40. The maximum absolute atomic E-state index is 13.0. The number of carboxylic acid groups (broad SMARTS) is 1. The monoisotopic (exact) mass is 274 g/mol. The molecule has 1 heterocycles. The van der Waals surface area contributed by atoms with Crippen LogP contribution in [-0.4, -0.2) is 17.7 Å². The zero-order valence-electron chi connectivity index (χ0n) is 10.5. The van der Waals surface area contributed by atoms with Crippen LogP contribution in [0.5, 0.6) is 5.75 Å². The van der Waals surface area contributed by atoms with Gasteiger partial charge in [0.1, 0.15) is 5.75 Å². The maximum atomic E-state index is 13.0. The molecule has 0 fully saturated rings. The van der Waals surface area contributed by atoms with Crippen LogP contribution in [0.3, 0.4) is 0 Å². The molecule has 0 aromatic heterocycles. The molecule has 0 spiro atoms. The van der Waals surface area contributed by atoms with Crippen LogP contribution in [0.2, 0.25) is 0 Å². The van der Waals surface area contributed by atoms with Crippen LogP contribution in [0.25, 0.3) is 0 Å². The summed E-state index contributed by atoms with van der Waals surface area (Å²) in [5, 5.41) is 8.94. The van der Waals surface area contributed by atoms with Crippen molar-refractivity contribution in [3.63, 3.8) is 0 Å². The van der Waals surface area contributed by atoms with Crippen molar-refractivity contribution in [1.29, 1.82) is 0 Å². The fourth-order valence-corrected chi connectivity index (χ4v) is 2.16. The normalized spacial score (nSPS) is 17.5. The smallest absolute Gasteiger partial charge is 0.419 e. The summed E-state index contributed by atoms with van der Waals surface area (Å²) in [6.45, 7) is 3.75. The van der Waals surface area contributed by atoms with Crippen molar-refractivity contribution >= 4 is 5.97 Å². The SMILES string of the molecule is CC1(C)CCOc2c(C(F)(F)F)cc(C(=O)O)cc21. The van der Waals surface area contributed by atoms with Crippen molar-refractivity contribution in [2.75, 3.05) is 6.61 Å². The topological polar surface area (TPSA) is 46.5 Å². The first-order valence-corrected chi connectivity index (χ1v) is 5.75.